The molecule has 3 N–H and O–H groups in total. The third-order valence-corrected chi connectivity index (χ3v) is 3.95. The molecule has 0 radical (unpaired) electrons. The quantitative estimate of drug-likeness (QED) is 0.733. The first-order chi connectivity index (χ1) is 11.3. The highest BCUT2D eigenvalue weighted by Crippen LogP contribution is 2.16. The van der Waals surface area contributed by atoms with Crippen molar-refractivity contribution in [3.05, 3.63) is 52.2 Å². The summed E-state index contributed by atoms with van der Waals surface area (Å²) in [5.74, 6) is -0.489. The normalized spacial score (nSPS) is 10.8. The molecule has 0 atom stereocenters. The van der Waals surface area contributed by atoms with Crippen molar-refractivity contribution in [3.8, 4) is 0 Å². The number of thiophene rings is 1. The Morgan fingerprint density at radius 2 is 1.75 bits per heavy atom. The van der Waals surface area contributed by atoms with Crippen molar-refractivity contribution in [2.24, 2.45) is 0 Å². The third-order valence-electron chi connectivity index (χ3n) is 2.88. The van der Waals surface area contributed by atoms with E-state index in [0.717, 1.165) is 0 Å². The summed E-state index contributed by atoms with van der Waals surface area (Å²) >= 11 is 6.50. The molecular formula is C17H19N3O2S2. The topological polar surface area (TPSA) is 70.2 Å². The second-order valence-electron chi connectivity index (χ2n) is 6.14. The highest BCUT2D eigenvalue weighted by molar-refractivity contribution is 7.80. The average molecular weight is 361 g/mol. The van der Waals surface area contributed by atoms with E-state index in [1.54, 1.807) is 36.4 Å². The van der Waals surface area contributed by atoms with Crippen molar-refractivity contribution < 1.29 is 9.59 Å². The fourth-order valence-corrected chi connectivity index (χ4v) is 2.75. The minimum absolute atomic E-state index is 0.143. The molecule has 2 rings (SSSR count). The van der Waals surface area contributed by atoms with Crippen molar-refractivity contribution in [2.45, 2.75) is 26.3 Å². The number of para-hydroxylation sites is 1. The van der Waals surface area contributed by atoms with E-state index < -0.39 is 0 Å². The van der Waals surface area contributed by atoms with E-state index in [4.69, 9.17) is 12.2 Å². The number of rotatable bonds is 3. The number of thiocarbonyl (C=S) groups is 1. The summed E-state index contributed by atoms with van der Waals surface area (Å²) < 4.78 is 0. The first-order valence-corrected chi connectivity index (χ1v) is 8.62. The molecule has 0 spiro atoms. The SMILES string of the molecule is CC(C)(C)NC(=O)c1ccccc1NC(=S)NC(=O)c1cccs1. The van der Waals surface area contributed by atoms with E-state index in [1.165, 1.54) is 11.3 Å². The van der Waals surface area contributed by atoms with Crippen molar-refractivity contribution in [3.63, 3.8) is 0 Å². The van der Waals surface area contributed by atoms with Gasteiger partial charge in [-0.25, -0.2) is 0 Å². The summed E-state index contributed by atoms with van der Waals surface area (Å²) in [6, 6.07) is 10.5. The molecular weight excluding hydrogens is 342 g/mol. The van der Waals surface area contributed by atoms with Gasteiger partial charge in [-0.1, -0.05) is 18.2 Å². The minimum atomic E-state index is -0.349. The number of carbonyl (C=O) groups excluding carboxylic acids is 2. The standard InChI is InChI=1S/C17H19N3O2S2/c1-17(2,3)20-14(21)11-7-4-5-8-12(11)18-16(23)19-15(22)13-9-6-10-24-13/h4-10H,1-3H3,(H,20,21)(H2,18,19,22,23). The highest BCUT2D eigenvalue weighted by Gasteiger charge is 2.18. The summed E-state index contributed by atoms with van der Waals surface area (Å²) in [6.07, 6.45) is 0. The molecule has 0 bridgehead atoms. The Labute approximate surface area is 150 Å². The Hall–Kier alpha value is -2.25. The number of nitrogens with one attached hydrogen (secondary N) is 3. The van der Waals surface area contributed by atoms with Gasteiger partial charge in [0.1, 0.15) is 0 Å². The molecule has 0 unspecified atom stereocenters. The molecule has 0 aliphatic rings. The molecule has 5 nitrogen and oxygen atoms in total. The van der Waals surface area contributed by atoms with Crippen molar-refractivity contribution in [1.82, 2.24) is 10.6 Å². The lowest BCUT2D eigenvalue weighted by molar-refractivity contribution is 0.0919. The third kappa shape index (κ3) is 5.14. The molecule has 126 valence electrons. The molecule has 7 heteroatoms. The van der Waals surface area contributed by atoms with E-state index in [1.807, 2.05) is 26.2 Å². The number of anilines is 1. The van der Waals surface area contributed by atoms with Crippen molar-refractivity contribution in [2.75, 3.05) is 5.32 Å². The first kappa shape index (κ1) is 18.1. The summed E-state index contributed by atoms with van der Waals surface area (Å²) in [7, 11) is 0. The molecule has 0 aliphatic carbocycles. The van der Waals surface area contributed by atoms with E-state index in [2.05, 4.69) is 16.0 Å². The molecule has 2 aromatic rings. The van der Waals surface area contributed by atoms with Crippen LogP contribution >= 0.6 is 23.6 Å². The molecule has 24 heavy (non-hydrogen) atoms. The summed E-state index contributed by atoms with van der Waals surface area (Å²) in [5, 5.41) is 10.4. The average Bonchev–Trinajstić information content (AvgIpc) is 3.00. The Morgan fingerprint density at radius 3 is 2.38 bits per heavy atom. The van der Waals surface area contributed by atoms with Crippen molar-refractivity contribution >= 4 is 46.2 Å². The van der Waals surface area contributed by atoms with Gasteiger partial charge < -0.3 is 10.6 Å². The second kappa shape index (κ2) is 7.55. The molecule has 0 aliphatic heterocycles. The molecule has 2 amide bonds. The largest absolute Gasteiger partial charge is 0.347 e. The monoisotopic (exact) mass is 361 g/mol. The number of hydrogen-bond donors (Lipinski definition) is 3. The number of carbonyl (C=O) groups is 2. The summed E-state index contributed by atoms with van der Waals surface area (Å²) in [6.45, 7) is 5.73. The maximum atomic E-state index is 12.4. The van der Waals surface area contributed by atoms with E-state index >= 15 is 0 Å². The van der Waals surface area contributed by atoms with Gasteiger partial charge in [-0.3, -0.25) is 14.9 Å². The van der Waals surface area contributed by atoms with Crippen LogP contribution in [0, 0.1) is 0 Å². The second-order valence-corrected chi connectivity index (χ2v) is 7.49. The molecule has 1 aromatic heterocycles. The Kier molecular flexibility index (Phi) is 5.69. The van der Waals surface area contributed by atoms with Crippen LogP contribution in [0.2, 0.25) is 0 Å². The predicted molar refractivity (Wildman–Crippen MR) is 102 cm³/mol. The molecule has 0 saturated heterocycles. The molecule has 1 aromatic carbocycles. The van der Waals surface area contributed by atoms with Crippen LogP contribution in [0.5, 0.6) is 0 Å². The van der Waals surface area contributed by atoms with E-state index in [-0.39, 0.29) is 22.5 Å². The molecule has 0 fully saturated rings. The van der Waals surface area contributed by atoms with Gasteiger partial charge in [0.2, 0.25) is 0 Å². The smallest absolute Gasteiger partial charge is 0.267 e. The van der Waals surface area contributed by atoms with Gasteiger partial charge in [-0.2, -0.15) is 0 Å². The van der Waals surface area contributed by atoms with Gasteiger partial charge in [0.15, 0.2) is 5.11 Å². The van der Waals surface area contributed by atoms with Crippen LogP contribution in [0.3, 0.4) is 0 Å². The maximum absolute atomic E-state index is 12.4. The van der Waals surface area contributed by atoms with Gasteiger partial charge in [0, 0.05) is 5.54 Å². The predicted octanol–water partition coefficient (Wildman–Crippen LogP) is 3.40. The van der Waals surface area contributed by atoms with Crippen LogP contribution in [-0.4, -0.2) is 22.5 Å². The Bertz CT molecular complexity index is 749. The summed E-state index contributed by atoms with van der Waals surface area (Å²) in [5.41, 5.74) is 0.647. The molecule has 1 heterocycles. The maximum Gasteiger partial charge on any atom is 0.267 e. The van der Waals surface area contributed by atoms with Gasteiger partial charge >= 0.3 is 0 Å². The van der Waals surface area contributed by atoms with Crippen LogP contribution in [0.25, 0.3) is 0 Å². The summed E-state index contributed by atoms with van der Waals surface area (Å²) in [4.78, 5) is 25.0. The van der Waals surface area contributed by atoms with E-state index in [0.29, 0.717) is 16.1 Å². The highest BCUT2D eigenvalue weighted by atomic mass is 32.1. The Balaban J connectivity index is 2.08. The lowest BCUT2D eigenvalue weighted by atomic mass is 10.1. The number of hydrogen-bond acceptors (Lipinski definition) is 4. The number of amides is 2. The first-order valence-electron chi connectivity index (χ1n) is 7.33. The van der Waals surface area contributed by atoms with Gasteiger partial charge in [0.05, 0.1) is 16.1 Å². The zero-order chi connectivity index (χ0) is 17.7. The van der Waals surface area contributed by atoms with Gasteiger partial charge in [0.25, 0.3) is 11.8 Å². The van der Waals surface area contributed by atoms with Gasteiger partial charge in [-0.05, 0) is 56.6 Å². The van der Waals surface area contributed by atoms with Gasteiger partial charge in [-0.15, -0.1) is 11.3 Å². The van der Waals surface area contributed by atoms with E-state index in [9.17, 15) is 9.59 Å². The lowest BCUT2D eigenvalue weighted by Crippen LogP contribution is -2.41. The molecule has 0 saturated carbocycles. The van der Waals surface area contributed by atoms with Crippen LogP contribution in [0.15, 0.2) is 41.8 Å². The fourth-order valence-electron chi connectivity index (χ4n) is 1.92. The fraction of sp³-hybridized carbons (Fsp3) is 0.235. The van der Waals surface area contributed by atoms with Crippen LogP contribution < -0.4 is 16.0 Å². The zero-order valence-corrected chi connectivity index (χ0v) is 15.3. The van der Waals surface area contributed by atoms with Crippen LogP contribution in [0.1, 0.15) is 40.8 Å². The van der Waals surface area contributed by atoms with Crippen molar-refractivity contribution in [1.29, 1.82) is 0 Å². The van der Waals surface area contributed by atoms with Crippen LogP contribution in [-0.2, 0) is 0 Å². The number of benzene rings is 1. The minimum Gasteiger partial charge on any atom is -0.347 e. The Morgan fingerprint density at radius 1 is 1.04 bits per heavy atom. The lowest BCUT2D eigenvalue weighted by Gasteiger charge is -2.21. The van der Waals surface area contributed by atoms with Crippen LogP contribution in [0.4, 0.5) is 5.69 Å². The zero-order valence-electron chi connectivity index (χ0n) is 13.7.